The maximum absolute atomic E-state index is 13.8. The predicted octanol–water partition coefficient (Wildman–Crippen LogP) is 4.50. The number of aryl methyl sites for hydroxylation is 2. The number of sulfonamides is 1. The van der Waals surface area contributed by atoms with Crippen molar-refractivity contribution in [2.45, 2.75) is 18.7 Å². The average Bonchev–Trinajstić information content (AvgIpc) is 2.66. The van der Waals surface area contributed by atoms with Gasteiger partial charge in [0.2, 0.25) is 0 Å². The summed E-state index contributed by atoms with van der Waals surface area (Å²) in [6, 6.07) is 16.7. The minimum absolute atomic E-state index is 0.135. The molecule has 0 aromatic heterocycles. The molecule has 0 aliphatic carbocycles. The summed E-state index contributed by atoms with van der Waals surface area (Å²) in [4.78, 5) is 12.4. The van der Waals surface area contributed by atoms with Crippen molar-refractivity contribution in [3.63, 3.8) is 0 Å². The van der Waals surface area contributed by atoms with E-state index in [-0.39, 0.29) is 16.1 Å². The van der Waals surface area contributed by atoms with Crippen LogP contribution >= 0.6 is 0 Å². The molecule has 0 unspecified atom stereocenters. The van der Waals surface area contributed by atoms with Crippen molar-refractivity contribution in [2.24, 2.45) is 0 Å². The smallest absolute Gasteiger partial charge is 0.262 e. The summed E-state index contributed by atoms with van der Waals surface area (Å²) in [6.45, 7) is 3.78. The number of amides is 1. The van der Waals surface area contributed by atoms with Gasteiger partial charge in [0, 0.05) is 11.3 Å². The Morgan fingerprint density at radius 3 is 2.39 bits per heavy atom. The van der Waals surface area contributed by atoms with Crippen LogP contribution in [0.2, 0.25) is 0 Å². The zero-order valence-electron chi connectivity index (χ0n) is 15.4. The Bertz CT molecular complexity index is 1140. The van der Waals surface area contributed by atoms with E-state index in [1.807, 2.05) is 32.0 Å². The molecule has 0 radical (unpaired) electrons. The number of halogens is 1. The van der Waals surface area contributed by atoms with Crippen molar-refractivity contribution < 1.29 is 17.6 Å². The Balaban J connectivity index is 1.86. The van der Waals surface area contributed by atoms with Crippen LogP contribution in [0.25, 0.3) is 0 Å². The summed E-state index contributed by atoms with van der Waals surface area (Å²) in [5.74, 6) is -1.12. The van der Waals surface area contributed by atoms with E-state index >= 15 is 0 Å². The lowest BCUT2D eigenvalue weighted by molar-refractivity contribution is 0.102. The summed E-state index contributed by atoms with van der Waals surface area (Å²) in [6.07, 6.45) is 0. The first-order valence-corrected chi connectivity index (χ1v) is 10.0. The third-order valence-corrected chi connectivity index (χ3v) is 5.53. The summed E-state index contributed by atoms with van der Waals surface area (Å²) < 4.78 is 41.1. The van der Waals surface area contributed by atoms with E-state index < -0.39 is 21.7 Å². The van der Waals surface area contributed by atoms with Crippen LogP contribution in [0.4, 0.5) is 15.8 Å². The van der Waals surface area contributed by atoms with Gasteiger partial charge in [0.15, 0.2) is 0 Å². The van der Waals surface area contributed by atoms with Crippen LogP contribution in [-0.2, 0) is 10.0 Å². The molecule has 0 bridgehead atoms. The van der Waals surface area contributed by atoms with Gasteiger partial charge in [0.1, 0.15) is 5.82 Å². The maximum atomic E-state index is 13.8. The molecule has 3 aromatic carbocycles. The fraction of sp³-hybridized carbons (Fsp3) is 0.0952. The molecule has 3 rings (SSSR count). The van der Waals surface area contributed by atoms with E-state index in [1.165, 1.54) is 42.5 Å². The first-order chi connectivity index (χ1) is 13.3. The van der Waals surface area contributed by atoms with Crippen LogP contribution < -0.4 is 10.0 Å². The number of rotatable bonds is 5. The molecule has 0 saturated carbocycles. The second-order valence-electron chi connectivity index (χ2n) is 6.39. The number of benzene rings is 3. The van der Waals surface area contributed by atoms with Crippen molar-refractivity contribution >= 4 is 27.3 Å². The van der Waals surface area contributed by atoms with Gasteiger partial charge in [-0.15, -0.1) is 0 Å². The lowest BCUT2D eigenvalue weighted by Gasteiger charge is -2.12. The first-order valence-electron chi connectivity index (χ1n) is 8.52. The summed E-state index contributed by atoms with van der Waals surface area (Å²) in [5.41, 5.74) is 2.56. The van der Waals surface area contributed by atoms with Gasteiger partial charge in [-0.2, -0.15) is 0 Å². The summed E-state index contributed by atoms with van der Waals surface area (Å²) >= 11 is 0. The van der Waals surface area contributed by atoms with Gasteiger partial charge in [-0.1, -0.05) is 30.3 Å². The monoisotopic (exact) mass is 398 g/mol. The van der Waals surface area contributed by atoms with Crippen LogP contribution in [0.1, 0.15) is 21.5 Å². The standard InChI is InChI=1S/C21H19FN2O3S/c1-14-10-11-15(2)20(12-14)23-21(25)16-6-5-7-17(13-16)28(26,27)24-19-9-4-3-8-18(19)22/h3-13,24H,1-2H3,(H,23,25). The van der Waals surface area contributed by atoms with Crippen LogP contribution in [0.5, 0.6) is 0 Å². The largest absolute Gasteiger partial charge is 0.322 e. The molecule has 2 N–H and O–H groups in total. The highest BCUT2D eigenvalue weighted by Gasteiger charge is 2.18. The van der Waals surface area contributed by atoms with Crippen molar-refractivity contribution in [3.05, 3.63) is 89.2 Å². The van der Waals surface area contributed by atoms with Gasteiger partial charge in [0.05, 0.1) is 10.6 Å². The molecular weight excluding hydrogens is 379 g/mol. The SMILES string of the molecule is Cc1ccc(C)c(NC(=O)c2cccc(S(=O)(=O)Nc3ccccc3F)c2)c1. The molecule has 0 aliphatic heterocycles. The Kier molecular flexibility index (Phi) is 5.46. The molecule has 0 heterocycles. The number of carbonyl (C=O) groups excluding carboxylic acids is 1. The van der Waals surface area contributed by atoms with Crippen LogP contribution in [0.3, 0.4) is 0 Å². The van der Waals surface area contributed by atoms with E-state index in [0.29, 0.717) is 5.69 Å². The Morgan fingerprint density at radius 2 is 1.64 bits per heavy atom. The van der Waals surface area contributed by atoms with Crippen LogP contribution in [0.15, 0.2) is 71.6 Å². The summed E-state index contributed by atoms with van der Waals surface area (Å²) in [5, 5.41) is 2.79. The highest BCUT2D eigenvalue weighted by molar-refractivity contribution is 7.92. The van der Waals surface area contributed by atoms with E-state index in [0.717, 1.165) is 17.2 Å². The van der Waals surface area contributed by atoms with Crippen molar-refractivity contribution in [2.75, 3.05) is 10.0 Å². The Morgan fingerprint density at radius 1 is 0.893 bits per heavy atom. The molecular formula is C21H19FN2O3S. The van der Waals surface area contributed by atoms with E-state index in [4.69, 9.17) is 0 Å². The number of nitrogens with one attached hydrogen (secondary N) is 2. The molecule has 28 heavy (non-hydrogen) atoms. The van der Waals surface area contributed by atoms with Crippen molar-refractivity contribution in [1.82, 2.24) is 0 Å². The molecule has 0 atom stereocenters. The number of anilines is 2. The first kappa shape index (κ1) is 19.6. The Labute approximate surface area is 163 Å². The summed E-state index contributed by atoms with van der Waals surface area (Å²) in [7, 11) is -4.05. The molecule has 5 nitrogen and oxygen atoms in total. The number of carbonyl (C=O) groups is 1. The average molecular weight is 398 g/mol. The Hall–Kier alpha value is -3.19. The number of hydrogen-bond acceptors (Lipinski definition) is 3. The molecule has 3 aromatic rings. The number of para-hydroxylation sites is 1. The highest BCUT2D eigenvalue weighted by Crippen LogP contribution is 2.21. The minimum atomic E-state index is -4.05. The predicted molar refractivity (Wildman–Crippen MR) is 108 cm³/mol. The highest BCUT2D eigenvalue weighted by atomic mass is 32.2. The van der Waals surface area contributed by atoms with Gasteiger partial charge >= 0.3 is 0 Å². The van der Waals surface area contributed by atoms with Crippen molar-refractivity contribution in [3.8, 4) is 0 Å². The number of hydrogen-bond donors (Lipinski definition) is 2. The van der Waals surface area contributed by atoms with E-state index in [2.05, 4.69) is 10.0 Å². The minimum Gasteiger partial charge on any atom is -0.322 e. The molecule has 7 heteroatoms. The molecule has 1 amide bonds. The quantitative estimate of drug-likeness (QED) is 0.665. The second kappa shape index (κ2) is 7.82. The van der Waals surface area contributed by atoms with Gasteiger partial charge in [-0.3, -0.25) is 9.52 Å². The van der Waals surface area contributed by atoms with Crippen LogP contribution in [-0.4, -0.2) is 14.3 Å². The zero-order valence-corrected chi connectivity index (χ0v) is 16.2. The van der Waals surface area contributed by atoms with E-state index in [1.54, 1.807) is 0 Å². The molecule has 0 aliphatic rings. The maximum Gasteiger partial charge on any atom is 0.262 e. The molecule has 0 fully saturated rings. The van der Waals surface area contributed by atoms with Gasteiger partial charge in [0.25, 0.3) is 15.9 Å². The molecule has 0 saturated heterocycles. The normalized spacial score (nSPS) is 11.1. The zero-order chi connectivity index (χ0) is 20.3. The molecule has 0 spiro atoms. The lowest BCUT2D eigenvalue weighted by atomic mass is 10.1. The van der Waals surface area contributed by atoms with Crippen LogP contribution in [0, 0.1) is 19.7 Å². The topological polar surface area (TPSA) is 75.3 Å². The van der Waals surface area contributed by atoms with E-state index in [9.17, 15) is 17.6 Å². The fourth-order valence-electron chi connectivity index (χ4n) is 2.62. The third-order valence-electron chi connectivity index (χ3n) is 4.17. The van der Waals surface area contributed by atoms with Gasteiger partial charge in [-0.05, 0) is 61.4 Å². The third kappa shape index (κ3) is 4.37. The van der Waals surface area contributed by atoms with Gasteiger partial charge < -0.3 is 5.32 Å². The van der Waals surface area contributed by atoms with Crippen molar-refractivity contribution in [1.29, 1.82) is 0 Å². The molecule has 144 valence electrons. The second-order valence-corrected chi connectivity index (χ2v) is 8.07. The van der Waals surface area contributed by atoms with Gasteiger partial charge in [-0.25, -0.2) is 12.8 Å². The lowest BCUT2D eigenvalue weighted by Crippen LogP contribution is -2.16. The fourth-order valence-corrected chi connectivity index (χ4v) is 3.73.